The van der Waals surface area contributed by atoms with E-state index >= 15 is 0 Å². The van der Waals surface area contributed by atoms with Gasteiger partial charge >= 0.3 is 6.18 Å². The van der Waals surface area contributed by atoms with Gasteiger partial charge in [0.05, 0.1) is 16.0 Å². The molecular weight excluding hydrogens is 460 g/mol. The second-order valence-electron chi connectivity index (χ2n) is 7.29. The zero-order valence-electron chi connectivity index (χ0n) is 16.3. The van der Waals surface area contributed by atoms with Gasteiger partial charge in [-0.1, -0.05) is 17.7 Å². The second-order valence-corrected chi connectivity index (χ2v) is 9.92. The first-order valence-electron chi connectivity index (χ1n) is 9.29. The summed E-state index contributed by atoms with van der Waals surface area (Å²) in [6.45, 7) is 1.79. The Bertz CT molecular complexity index is 1110. The SMILES string of the molecule is Cc1c(Cl)cccc1S(=O)(=O)[C@@]1(NC(=O)c2cc(C(F)(F)F)ccc2F)CCCNC1. The third-order valence-electron chi connectivity index (χ3n) is 5.25. The summed E-state index contributed by atoms with van der Waals surface area (Å²) in [5.41, 5.74) is -1.84. The highest BCUT2D eigenvalue weighted by molar-refractivity contribution is 7.93. The van der Waals surface area contributed by atoms with E-state index < -0.39 is 43.7 Å². The van der Waals surface area contributed by atoms with Crippen LogP contribution < -0.4 is 10.6 Å². The minimum atomic E-state index is -4.79. The van der Waals surface area contributed by atoms with E-state index in [1.54, 1.807) is 0 Å². The largest absolute Gasteiger partial charge is 0.416 e. The first-order chi connectivity index (χ1) is 14.4. The second kappa shape index (κ2) is 8.40. The Balaban J connectivity index is 2.07. The smallest absolute Gasteiger partial charge is 0.331 e. The topological polar surface area (TPSA) is 75.3 Å². The van der Waals surface area contributed by atoms with Gasteiger partial charge in [0.1, 0.15) is 5.82 Å². The number of carbonyl (C=O) groups excluding carboxylic acids is 1. The number of nitrogens with one attached hydrogen (secondary N) is 2. The van der Waals surface area contributed by atoms with Gasteiger partial charge in [-0.15, -0.1) is 0 Å². The molecule has 0 spiro atoms. The van der Waals surface area contributed by atoms with E-state index in [1.165, 1.54) is 25.1 Å². The third kappa shape index (κ3) is 4.42. The standard InChI is InChI=1S/C20H19ClF4N2O3S/c1-12-15(21)4-2-5-17(12)31(29,30)19(8-3-9-26-11-19)27-18(28)14-10-13(20(23,24)25)6-7-16(14)22/h2,4-7,10,26H,3,8-9,11H2,1H3,(H,27,28)/t19-/m0/s1. The van der Waals surface area contributed by atoms with Gasteiger partial charge in [-0.2, -0.15) is 13.2 Å². The van der Waals surface area contributed by atoms with Gasteiger partial charge in [0.25, 0.3) is 5.91 Å². The molecule has 1 amide bonds. The number of rotatable bonds is 4. The molecule has 1 aliphatic rings. The van der Waals surface area contributed by atoms with Gasteiger partial charge < -0.3 is 10.6 Å². The Labute approximate surface area is 181 Å². The van der Waals surface area contributed by atoms with E-state index in [4.69, 9.17) is 11.6 Å². The van der Waals surface area contributed by atoms with E-state index in [1.807, 2.05) is 0 Å². The highest BCUT2D eigenvalue weighted by Gasteiger charge is 2.48. The van der Waals surface area contributed by atoms with Crippen LogP contribution in [0.3, 0.4) is 0 Å². The van der Waals surface area contributed by atoms with Crippen molar-refractivity contribution in [3.63, 3.8) is 0 Å². The molecule has 0 aliphatic carbocycles. The Morgan fingerprint density at radius 3 is 2.55 bits per heavy atom. The van der Waals surface area contributed by atoms with Crippen molar-refractivity contribution in [3.05, 3.63) is 63.9 Å². The number of alkyl halides is 3. The van der Waals surface area contributed by atoms with Crippen LogP contribution in [-0.4, -0.2) is 32.3 Å². The molecule has 0 aromatic heterocycles. The Morgan fingerprint density at radius 1 is 1.23 bits per heavy atom. The summed E-state index contributed by atoms with van der Waals surface area (Å²) in [6.07, 6.45) is -4.44. The molecular formula is C20H19ClF4N2O3S. The molecule has 3 rings (SSSR count). The number of halogens is 5. The van der Waals surface area contributed by atoms with E-state index in [0.29, 0.717) is 31.2 Å². The number of hydrogen-bond donors (Lipinski definition) is 2. The molecule has 0 bridgehead atoms. The van der Waals surface area contributed by atoms with E-state index in [0.717, 1.165) is 0 Å². The van der Waals surface area contributed by atoms with Crippen LogP contribution in [0, 0.1) is 12.7 Å². The number of hydrogen-bond acceptors (Lipinski definition) is 4. The van der Waals surface area contributed by atoms with Crippen molar-refractivity contribution in [2.75, 3.05) is 13.1 Å². The number of piperidine rings is 1. The van der Waals surface area contributed by atoms with Gasteiger partial charge in [-0.3, -0.25) is 4.79 Å². The van der Waals surface area contributed by atoms with Crippen LogP contribution in [0.5, 0.6) is 0 Å². The minimum Gasteiger partial charge on any atom is -0.331 e. The first kappa shape index (κ1) is 23.5. The van der Waals surface area contributed by atoms with Gasteiger partial charge in [0.2, 0.25) is 9.84 Å². The zero-order valence-corrected chi connectivity index (χ0v) is 17.9. The molecule has 1 heterocycles. The molecule has 11 heteroatoms. The van der Waals surface area contributed by atoms with E-state index in [-0.39, 0.29) is 28.4 Å². The molecule has 1 saturated heterocycles. The predicted molar refractivity (Wildman–Crippen MR) is 107 cm³/mol. The average Bonchev–Trinajstić information content (AvgIpc) is 2.69. The quantitative estimate of drug-likeness (QED) is 0.649. The van der Waals surface area contributed by atoms with Crippen LogP contribution in [-0.2, 0) is 16.0 Å². The van der Waals surface area contributed by atoms with Crippen LogP contribution >= 0.6 is 11.6 Å². The van der Waals surface area contributed by atoms with Crippen molar-refractivity contribution >= 4 is 27.3 Å². The third-order valence-corrected chi connectivity index (χ3v) is 8.16. The fourth-order valence-corrected chi connectivity index (χ4v) is 5.87. The fraction of sp³-hybridized carbons (Fsp3) is 0.350. The minimum absolute atomic E-state index is 0.0133. The molecule has 2 aromatic rings. The fourth-order valence-electron chi connectivity index (χ4n) is 3.52. The zero-order chi connectivity index (χ0) is 23.0. The number of benzene rings is 2. The van der Waals surface area contributed by atoms with Crippen LogP contribution in [0.25, 0.3) is 0 Å². The number of sulfone groups is 1. The van der Waals surface area contributed by atoms with Crippen molar-refractivity contribution in [1.29, 1.82) is 0 Å². The summed E-state index contributed by atoms with van der Waals surface area (Å²) >= 11 is 6.06. The van der Waals surface area contributed by atoms with Crippen molar-refractivity contribution in [3.8, 4) is 0 Å². The molecule has 0 unspecified atom stereocenters. The van der Waals surface area contributed by atoms with Crippen LogP contribution in [0.2, 0.25) is 5.02 Å². The summed E-state index contributed by atoms with van der Waals surface area (Å²) < 4.78 is 80.4. The first-order valence-corrected chi connectivity index (χ1v) is 11.1. The number of carbonyl (C=O) groups is 1. The monoisotopic (exact) mass is 478 g/mol. The predicted octanol–water partition coefficient (Wildman–Crippen LogP) is 4.09. The van der Waals surface area contributed by atoms with Crippen molar-refractivity contribution < 1.29 is 30.8 Å². The van der Waals surface area contributed by atoms with E-state index in [2.05, 4.69) is 10.6 Å². The summed E-state index contributed by atoms with van der Waals surface area (Å²) in [4.78, 5) is 10.8. The van der Waals surface area contributed by atoms with Crippen molar-refractivity contribution in [2.24, 2.45) is 0 Å². The lowest BCUT2D eigenvalue weighted by Crippen LogP contribution is -2.62. The molecule has 2 aromatic carbocycles. The van der Waals surface area contributed by atoms with E-state index in [9.17, 15) is 30.8 Å². The maximum atomic E-state index is 14.2. The van der Waals surface area contributed by atoms with Gasteiger partial charge in [-0.25, -0.2) is 12.8 Å². The van der Waals surface area contributed by atoms with Gasteiger partial charge in [0.15, 0.2) is 4.87 Å². The van der Waals surface area contributed by atoms with Gasteiger partial charge in [-0.05, 0) is 62.2 Å². The lowest BCUT2D eigenvalue weighted by Gasteiger charge is -2.38. The Hall–Kier alpha value is -2.17. The normalized spacial score (nSPS) is 19.8. The molecule has 0 saturated carbocycles. The molecule has 1 fully saturated rings. The van der Waals surface area contributed by atoms with Crippen LogP contribution in [0.1, 0.15) is 34.3 Å². The maximum absolute atomic E-state index is 14.2. The van der Waals surface area contributed by atoms with Crippen LogP contribution in [0.4, 0.5) is 17.6 Å². The lowest BCUT2D eigenvalue weighted by atomic mass is 10.0. The highest BCUT2D eigenvalue weighted by atomic mass is 35.5. The molecule has 1 aliphatic heterocycles. The summed E-state index contributed by atoms with van der Waals surface area (Å²) in [5, 5.41) is 5.41. The molecule has 5 nitrogen and oxygen atoms in total. The molecule has 1 atom stereocenters. The summed E-state index contributed by atoms with van der Waals surface area (Å²) in [7, 11) is -4.25. The summed E-state index contributed by atoms with van der Waals surface area (Å²) in [6, 6.07) is 5.70. The Kier molecular flexibility index (Phi) is 6.37. The maximum Gasteiger partial charge on any atom is 0.416 e. The average molecular weight is 479 g/mol. The highest BCUT2D eigenvalue weighted by Crippen LogP contribution is 2.35. The van der Waals surface area contributed by atoms with Crippen molar-refractivity contribution in [1.82, 2.24) is 10.6 Å². The lowest BCUT2D eigenvalue weighted by molar-refractivity contribution is -0.137. The van der Waals surface area contributed by atoms with Crippen LogP contribution in [0.15, 0.2) is 41.3 Å². The Morgan fingerprint density at radius 2 is 1.94 bits per heavy atom. The molecule has 31 heavy (non-hydrogen) atoms. The van der Waals surface area contributed by atoms with Gasteiger partial charge in [0, 0.05) is 11.6 Å². The molecule has 168 valence electrons. The summed E-state index contributed by atoms with van der Waals surface area (Å²) in [5.74, 6) is -2.45. The molecule has 2 N–H and O–H groups in total. The number of amides is 1. The van der Waals surface area contributed by atoms with Crippen molar-refractivity contribution in [2.45, 2.75) is 35.7 Å². The molecule has 0 radical (unpaired) electrons.